The minimum atomic E-state index is -0.433. The maximum Gasteiger partial charge on any atom is 0.239 e. The third-order valence-electron chi connectivity index (χ3n) is 3.76. The van der Waals surface area contributed by atoms with Gasteiger partial charge in [0.25, 0.3) is 0 Å². The first-order valence-corrected chi connectivity index (χ1v) is 6.90. The van der Waals surface area contributed by atoms with E-state index in [4.69, 9.17) is 10.8 Å². The van der Waals surface area contributed by atoms with Crippen LogP contribution in [0.5, 0.6) is 0 Å². The molecule has 1 amide bonds. The highest BCUT2D eigenvalue weighted by atomic mass is 16.3. The van der Waals surface area contributed by atoms with Crippen LogP contribution >= 0.6 is 0 Å². The molecule has 104 valence electrons. The second-order valence-electron chi connectivity index (χ2n) is 5.25. The van der Waals surface area contributed by atoms with Crippen molar-refractivity contribution in [3.05, 3.63) is 35.9 Å². The van der Waals surface area contributed by atoms with E-state index in [1.807, 2.05) is 18.2 Å². The van der Waals surface area contributed by atoms with Crippen molar-refractivity contribution >= 4 is 5.91 Å². The van der Waals surface area contributed by atoms with Crippen LogP contribution in [0.4, 0.5) is 0 Å². The van der Waals surface area contributed by atoms with Crippen LogP contribution in [0.1, 0.15) is 18.4 Å². The van der Waals surface area contributed by atoms with Gasteiger partial charge in [-0.15, -0.1) is 0 Å². The molecule has 2 atom stereocenters. The fourth-order valence-corrected chi connectivity index (χ4v) is 2.51. The Hall–Kier alpha value is -1.39. The van der Waals surface area contributed by atoms with Crippen molar-refractivity contribution in [2.24, 2.45) is 11.7 Å². The summed E-state index contributed by atoms with van der Waals surface area (Å²) in [6, 6.07) is 9.64. The maximum absolute atomic E-state index is 12.1. The van der Waals surface area contributed by atoms with Gasteiger partial charge in [0.05, 0.1) is 6.04 Å². The first-order valence-electron chi connectivity index (χ1n) is 6.90. The number of carbonyl (C=O) groups is 1. The lowest BCUT2D eigenvalue weighted by molar-refractivity contribution is -0.131. The molecule has 4 nitrogen and oxygen atoms in total. The summed E-state index contributed by atoms with van der Waals surface area (Å²) in [5.41, 5.74) is 7.19. The van der Waals surface area contributed by atoms with Crippen molar-refractivity contribution in [3.63, 3.8) is 0 Å². The number of aliphatic hydroxyl groups excluding tert-OH is 1. The normalized spacial score (nSPS) is 20.5. The van der Waals surface area contributed by atoms with Crippen molar-refractivity contribution in [2.45, 2.75) is 25.3 Å². The Morgan fingerprint density at radius 3 is 2.79 bits per heavy atom. The molecule has 19 heavy (non-hydrogen) atoms. The number of aliphatic hydroxyl groups is 1. The van der Waals surface area contributed by atoms with Crippen molar-refractivity contribution in [2.75, 3.05) is 19.7 Å². The van der Waals surface area contributed by atoms with Gasteiger partial charge < -0.3 is 15.7 Å². The third-order valence-corrected chi connectivity index (χ3v) is 3.76. The number of nitrogens with zero attached hydrogens (tertiary/aromatic N) is 1. The summed E-state index contributed by atoms with van der Waals surface area (Å²) >= 11 is 0. The number of amides is 1. The topological polar surface area (TPSA) is 66.6 Å². The van der Waals surface area contributed by atoms with E-state index < -0.39 is 6.04 Å². The monoisotopic (exact) mass is 262 g/mol. The zero-order valence-corrected chi connectivity index (χ0v) is 11.2. The summed E-state index contributed by atoms with van der Waals surface area (Å²) < 4.78 is 0. The van der Waals surface area contributed by atoms with Gasteiger partial charge in [-0.25, -0.2) is 0 Å². The molecule has 0 aliphatic carbocycles. The molecule has 0 radical (unpaired) electrons. The number of aryl methyl sites for hydroxylation is 1. The number of nitrogens with two attached hydrogens (primary N) is 1. The SMILES string of the molecule is N[C@@H](CCc1ccccc1)C(=O)N1CCC(CO)C1. The van der Waals surface area contributed by atoms with Crippen LogP contribution in [0, 0.1) is 5.92 Å². The highest BCUT2D eigenvalue weighted by Gasteiger charge is 2.28. The Morgan fingerprint density at radius 1 is 1.42 bits per heavy atom. The summed E-state index contributed by atoms with van der Waals surface area (Å²) in [6.07, 6.45) is 2.38. The summed E-state index contributed by atoms with van der Waals surface area (Å²) in [7, 11) is 0. The lowest BCUT2D eigenvalue weighted by Crippen LogP contribution is -2.43. The average Bonchev–Trinajstić information content (AvgIpc) is 2.94. The molecule has 0 aromatic heterocycles. The van der Waals surface area contributed by atoms with Crippen LogP contribution in [-0.2, 0) is 11.2 Å². The second-order valence-corrected chi connectivity index (χ2v) is 5.25. The average molecular weight is 262 g/mol. The van der Waals surface area contributed by atoms with Gasteiger partial charge in [-0.05, 0) is 24.8 Å². The first-order chi connectivity index (χ1) is 9.20. The molecule has 1 aliphatic rings. The molecule has 1 fully saturated rings. The lowest BCUT2D eigenvalue weighted by atomic mass is 10.1. The van der Waals surface area contributed by atoms with Crippen LogP contribution in [0.2, 0.25) is 0 Å². The lowest BCUT2D eigenvalue weighted by Gasteiger charge is -2.20. The quantitative estimate of drug-likeness (QED) is 0.824. The van der Waals surface area contributed by atoms with E-state index >= 15 is 0 Å². The standard InChI is InChI=1S/C15H22N2O2/c16-14(7-6-12-4-2-1-3-5-12)15(19)17-9-8-13(10-17)11-18/h1-5,13-14,18H,6-11,16H2/t13?,14-/m0/s1. The molecular formula is C15H22N2O2. The molecule has 0 spiro atoms. The third kappa shape index (κ3) is 3.78. The molecule has 1 heterocycles. The number of likely N-dealkylation sites (tertiary alicyclic amines) is 1. The van der Waals surface area contributed by atoms with Crippen LogP contribution in [0.3, 0.4) is 0 Å². The molecule has 3 N–H and O–H groups in total. The van der Waals surface area contributed by atoms with Gasteiger partial charge in [-0.1, -0.05) is 30.3 Å². The molecule has 0 saturated carbocycles. The fourth-order valence-electron chi connectivity index (χ4n) is 2.51. The summed E-state index contributed by atoms with van der Waals surface area (Å²) in [5.74, 6) is 0.247. The number of benzene rings is 1. The van der Waals surface area contributed by atoms with E-state index in [1.165, 1.54) is 5.56 Å². The Morgan fingerprint density at radius 2 is 2.16 bits per heavy atom. The fraction of sp³-hybridized carbons (Fsp3) is 0.533. The molecule has 4 heteroatoms. The van der Waals surface area contributed by atoms with Crippen LogP contribution in [0.25, 0.3) is 0 Å². The molecular weight excluding hydrogens is 240 g/mol. The zero-order chi connectivity index (χ0) is 13.7. The first kappa shape index (κ1) is 14.0. The Balaban J connectivity index is 1.80. The van der Waals surface area contributed by atoms with Crippen LogP contribution < -0.4 is 5.73 Å². The second kappa shape index (κ2) is 6.68. The summed E-state index contributed by atoms with van der Waals surface area (Å²) in [6.45, 7) is 1.53. The number of carbonyl (C=O) groups excluding carboxylic acids is 1. The molecule has 1 aromatic carbocycles. The van der Waals surface area contributed by atoms with E-state index in [2.05, 4.69) is 12.1 Å². The highest BCUT2D eigenvalue weighted by molar-refractivity contribution is 5.81. The van der Waals surface area contributed by atoms with E-state index in [0.29, 0.717) is 13.0 Å². The number of rotatable bonds is 5. The van der Waals surface area contributed by atoms with Gasteiger partial charge in [0.15, 0.2) is 0 Å². The summed E-state index contributed by atoms with van der Waals surface area (Å²) in [4.78, 5) is 13.9. The smallest absolute Gasteiger partial charge is 0.239 e. The molecule has 1 aromatic rings. The van der Waals surface area contributed by atoms with Crippen LogP contribution in [-0.4, -0.2) is 41.7 Å². The van der Waals surface area contributed by atoms with E-state index in [0.717, 1.165) is 19.4 Å². The molecule has 1 saturated heterocycles. The highest BCUT2D eigenvalue weighted by Crippen LogP contribution is 2.17. The van der Waals surface area contributed by atoms with Crippen molar-refractivity contribution < 1.29 is 9.90 Å². The number of hydrogen-bond acceptors (Lipinski definition) is 3. The Labute approximate surface area is 114 Å². The van der Waals surface area contributed by atoms with Crippen molar-refractivity contribution in [1.82, 2.24) is 4.90 Å². The van der Waals surface area contributed by atoms with Gasteiger partial charge in [-0.2, -0.15) is 0 Å². The largest absolute Gasteiger partial charge is 0.396 e. The van der Waals surface area contributed by atoms with Gasteiger partial charge in [0.1, 0.15) is 0 Å². The zero-order valence-electron chi connectivity index (χ0n) is 11.2. The van der Waals surface area contributed by atoms with Gasteiger partial charge >= 0.3 is 0 Å². The molecule has 2 rings (SSSR count). The predicted molar refractivity (Wildman–Crippen MR) is 74.5 cm³/mol. The molecule has 1 unspecified atom stereocenters. The minimum Gasteiger partial charge on any atom is -0.396 e. The van der Waals surface area contributed by atoms with Gasteiger partial charge in [0.2, 0.25) is 5.91 Å². The Kier molecular flexibility index (Phi) is 4.93. The minimum absolute atomic E-state index is 0.0203. The van der Waals surface area contributed by atoms with E-state index in [1.54, 1.807) is 4.90 Å². The van der Waals surface area contributed by atoms with E-state index in [9.17, 15) is 4.79 Å². The van der Waals surface area contributed by atoms with Crippen molar-refractivity contribution in [1.29, 1.82) is 0 Å². The van der Waals surface area contributed by atoms with Gasteiger partial charge in [0, 0.05) is 25.6 Å². The summed E-state index contributed by atoms with van der Waals surface area (Å²) in [5, 5.41) is 9.09. The Bertz CT molecular complexity index is 408. The molecule has 1 aliphatic heterocycles. The predicted octanol–water partition coefficient (Wildman–Crippen LogP) is 0.787. The van der Waals surface area contributed by atoms with E-state index in [-0.39, 0.29) is 18.4 Å². The van der Waals surface area contributed by atoms with Crippen molar-refractivity contribution in [3.8, 4) is 0 Å². The van der Waals surface area contributed by atoms with Gasteiger partial charge in [-0.3, -0.25) is 4.79 Å². The molecule has 0 bridgehead atoms. The van der Waals surface area contributed by atoms with Crippen LogP contribution in [0.15, 0.2) is 30.3 Å². The maximum atomic E-state index is 12.1. The number of hydrogen-bond donors (Lipinski definition) is 2.